The summed E-state index contributed by atoms with van der Waals surface area (Å²) >= 11 is 1.80. The number of nitrogens with one attached hydrogen (secondary N) is 1. The van der Waals surface area contributed by atoms with Crippen LogP contribution in [0.4, 0.5) is 0 Å². The van der Waals surface area contributed by atoms with E-state index in [0.717, 1.165) is 12.3 Å². The van der Waals surface area contributed by atoms with Gasteiger partial charge in [0.2, 0.25) is 11.8 Å². The molecule has 0 bridgehead atoms. The second-order valence-electron chi connectivity index (χ2n) is 5.40. The van der Waals surface area contributed by atoms with Gasteiger partial charge in [0.05, 0.1) is 0 Å². The molecule has 5 heteroatoms. The Morgan fingerprint density at radius 3 is 2.53 bits per heavy atom. The van der Waals surface area contributed by atoms with Crippen molar-refractivity contribution in [2.75, 3.05) is 25.1 Å². The lowest BCUT2D eigenvalue weighted by molar-refractivity contribution is -0.139. The first kappa shape index (κ1) is 16.3. The second-order valence-corrected chi connectivity index (χ2v) is 6.31. The van der Waals surface area contributed by atoms with Crippen LogP contribution < -0.4 is 5.32 Å². The van der Waals surface area contributed by atoms with Crippen LogP contribution in [0.5, 0.6) is 0 Å². The SMILES string of the molecule is CCC1(CC)NC(=O)CCN(CC(C)CSC)C1=O. The van der Waals surface area contributed by atoms with E-state index in [-0.39, 0.29) is 11.8 Å². The molecule has 19 heavy (non-hydrogen) atoms. The van der Waals surface area contributed by atoms with Crippen molar-refractivity contribution in [3.8, 4) is 0 Å². The summed E-state index contributed by atoms with van der Waals surface area (Å²) in [5, 5.41) is 2.94. The van der Waals surface area contributed by atoms with Gasteiger partial charge in [0, 0.05) is 19.5 Å². The fourth-order valence-corrected chi connectivity index (χ4v) is 3.31. The molecule has 1 heterocycles. The summed E-state index contributed by atoms with van der Waals surface area (Å²) in [6.07, 6.45) is 3.80. The number of nitrogens with zero attached hydrogens (tertiary/aromatic N) is 1. The van der Waals surface area contributed by atoms with Gasteiger partial charge < -0.3 is 10.2 Å². The highest BCUT2D eigenvalue weighted by Gasteiger charge is 2.41. The van der Waals surface area contributed by atoms with Crippen LogP contribution in [0.15, 0.2) is 0 Å². The van der Waals surface area contributed by atoms with E-state index in [0.29, 0.717) is 31.7 Å². The van der Waals surface area contributed by atoms with E-state index in [1.54, 1.807) is 11.8 Å². The third kappa shape index (κ3) is 3.88. The van der Waals surface area contributed by atoms with Gasteiger partial charge in [-0.2, -0.15) is 11.8 Å². The fourth-order valence-electron chi connectivity index (χ4n) is 2.64. The van der Waals surface area contributed by atoms with Crippen LogP contribution >= 0.6 is 11.8 Å². The quantitative estimate of drug-likeness (QED) is 0.811. The van der Waals surface area contributed by atoms with Crippen molar-refractivity contribution in [2.45, 2.75) is 45.6 Å². The lowest BCUT2D eigenvalue weighted by atomic mass is 9.91. The Morgan fingerprint density at radius 2 is 2.00 bits per heavy atom. The Bertz CT molecular complexity index is 329. The molecule has 0 radical (unpaired) electrons. The minimum Gasteiger partial charge on any atom is -0.342 e. The number of carbonyl (C=O) groups is 2. The zero-order valence-corrected chi connectivity index (χ0v) is 13.3. The van der Waals surface area contributed by atoms with E-state index in [2.05, 4.69) is 18.5 Å². The zero-order chi connectivity index (χ0) is 14.5. The second kappa shape index (κ2) is 7.17. The molecule has 0 spiro atoms. The van der Waals surface area contributed by atoms with Crippen LogP contribution in [0, 0.1) is 5.92 Å². The molecule has 0 saturated carbocycles. The molecule has 1 aliphatic rings. The van der Waals surface area contributed by atoms with Crippen LogP contribution in [0.25, 0.3) is 0 Å². The van der Waals surface area contributed by atoms with Gasteiger partial charge in [0.15, 0.2) is 0 Å². The van der Waals surface area contributed by atoms with Gasteiger partial charge >= 0.3 is 0 Å². The molecule has 1 atom stereocenters. The molecule has 1 rings (SSSR count). The smallest absolute Gasteiger partial charge is 0.248 e. The van der Waals surface area contributed by atoms with Crippen LogP contribution in [0.3, 0.4) is 0 Å². The number of hydrogen-bond acceptors (Lipinski definition) is 3. The number of rotatable bonds is 6. The predicted octanol–water partition coefficient (Wildman–Crippen LogP) is 1.89. The fraction of sp³-hybridized carbons (Fsp3) is 0.857. The van der Waals surface area contributed by atoms with Crippen LogP contribution in [-0.4, -0.2) is 47.4 Å². The first-order chi connectivity index (χ1) is 8.99. The third-order valence-electron chi connectivity index (χ3n) is 3.87. The molecule has 4 nitrogen and oxygen atoms in total. The van der Waals surface area contributed by atoms with Gasteiger partial charge in [0.25, 0.3) is 0 Å². The molecule has 0 aromatic rings. The highest BCUT2D eigenvalue weighted by Crippen LogP contribution is 2.23. The summed E-state index contributed by atoms with van der Waals surface area (Å²) in [5.41, 5.74) is -0.688. The minimum absolute atomic E-state index is 0.00271. The highest BCUT2D eigenvalue weighted by molar-refractivity contribution is 7.98. The van der Waals surface area contributed by atoms with E-state index in [9.17, 15) is 9.59 Å². The summed E-state index contributed by atoms with van der Waals surface area (Å²) < 4.78 is 0. The number of hydrogen-bond donors (Lipinski definition) is 1. The molecule has 110 valence electrons. The average Bonchev–Trinajstić information content (AvgIpc) is 2.50. The molecule has 1 saturated heterocycles. The summed E-state index contributed by atoms with van der Waals surface area (Å²) in [4.78, 5) is 26.4. The number of amides is 2. The first-order valence-electron chi connectivity index (χ1n) is 7.08. The van der Waals surface area contributed by atoms with Gasteiger partial charge in [-0.05, 0) is 30.8 Å². The highest BCUT2D eigenvalue weighted by atomic mass is 32.2. The summed E-state index contributed by atoms with van der Waals surface area (Å²) in [5.74, 6) is 1.59. The molecule has 1 aliphatic heterocycles. The van der Waals surface area contributed by atoms with Crippen LogP contribution in [-0.2, 0) is 9.59 Å². The molecule has 2 amide bonds. The predicted molar refractivity (Wildman–Crippen MR) is 80.2 cm³/mol. The Hall–Kier alpha value is -0.710. The van der Waals surface area contributed by atoms with Gasteiger partial charge in [0.1, 0.15) is 5.54 Å². The van der Waals surface area contributed by atoms with E-state index >= 15 is 0 Å². The number of thioether (sulfide) groups is 1. The summed E-state index contributed by atoms with van der Waals surface area (Å²) in [7, 11) is 0. The topological polar surface area (TPSA) is 49.4 Å². The molecular formula is C14H26N2O2S. The largest absolute Gasteiger partial charge is 0.342 e. The van der Waals surface area contributed by atoms with Crippen molar-refractivity contribution >= 4 is 23.6 Å². The van der Waals surface area contributed by atoms with Crippen molar-refractivity contribution in [1.29, 1.82) is 0 Å². The monoisotopic (exact) mass is 286 g/mol. The van der Waals surface area contributed by atoms with Crippen molar-refractivity contribution in [2.24, 2.45) is 5.92 Å². The standard InChI is InChI=1S/C14H26N2O2S/c1-5-14(6-2)13(18)16(8-7-12(17)15-14)9-11(3)10-19-4/h11H,5-10H2,1-4H3,(H,15,17). The van der Waals surface area contributed by atoms with Crippen molar-refractivity contribution in [1.82, 2.24) is 10.2 Å². The Morgan fingerprint density at radius 1 is 1.37 bits per heavy atom. The molecular weight excluding hydrogens is 260 g/mol. The lowest BCUT2D eigenvalue weighted by Gasteiger charge is -2.34. The van der Waals surface area contributed by atoms with E-state index in [1.165, 1.54) is 0 Å². The molecule has 1 unspecified atom stereocenters. The van der Waals surface area contributed by atoms with Gasteiger partial charge in [-0.3, -0.25) is 9.59 Å². The van der Waals surface area contributed by atoms with E-state index in [4.69, 9.17) is 0 Å². The number of carbonyl (C=O) groups excluding carboxylic acids is 2. The van der Waals surface area contributed by atoms with Crippen molar-refractivity contribution in [3.05, 3.63) is 0 Å². The average molecular weight is 286 g/mol. The zero-order valence-electron chi connectivity index (χ0n) is 12.5. The van der Waals surface area contributed by atoms with E-state index < -0.39 is 5.54 Å². The Labute approximate surface area is 120 Å². The summed E-state index contributed by atoms with van der Waals surface area (Å²) in [6.45, 7) is 7.39. The molecule has 1 fully saturated rings. The van der Waals surface area contributed by atoms with Gasteiger partial charge in [-0.1, -0.05) is 20.8 Å². The maximum atomic E-state index is 12.7. The molecule has 0 aliphatic carbocycles. The van der Waals surface area contributed by atoms with Gasteiger partial charge in [-0.15, -0.1) is 0 Å². The first-order valence-corrected chi connectivity index (χ1v) is 8.47. The van der Waals surface area contributed by atoms with Crippen LogP contribution in [0.2, 0.25) is 0 Å². The third-order valence-corrected chi connectivity index (χ3v) is 4.78. The normalized spacial score (nSPS) is 20.9. The Balaban J connectivity index is 2.86. The van der Waals surface area contributed by atoms with Crippen molar-refractivity contribution < 1.29 is 9.59 Å². The van der Waals surface area contributed by atoms with Crippen LogP contribution in [0.1, 0.15) is 40.0 Å². The maximum Gasteiger partial charge on any atom is 0.248 e. The van der Waals surface area contributed by atoms with Gasteiger partial charge in [-0.25, -0.2) is 0 Å². The summed E-state index contributed by atoms with van der Waals surface area (Å²) in [6, 6.07) is 0. The van der Waals surface area contributed by atoms with E-state index in [1.807, 2.05) is 18.7 Å². The molecule has 1 N–H and O–H groups in total. The Kier molecular flexibility index (Phi) is 6.17. The lowest BCUT2D eigenvalue weighted by Crippen LogP contribution is -2.57. The molecule has 0 aromatic heterocycles. The minimum atomic E-state index is -0.688. The maximum absolute atomic E-state index is 12.7. The molecule has 0 aromatic carbocycles. The van der Waals surface area contributed by atoms with Crippen molar-refractivity contribution in [3.63, 3.8) is 0 Å².